The van der Waals surface area contributed by atoms with Crippen LogP contribution in [-0.2, 0) is 0 Å². The van der Waals surface area contributed by atoms with Gasteiger partial charge < -0.3 is 14.8 Å². The van der Waals surface area contributed by atoms with E-state index in [-0.39, 0.29) is 11.8 Å². The zero-order valence-electron chi connectivity index (χ0n) is 11.4. The first-order valence-corrected chi connectivity index (χ1v) is 5.96. The molecular formula is C13H17F4NO2. The van der Waals surface area contributed by atoms with Crippen molar-refractivity contribution in [1.82, 2.24) is 5.32 Å². The molecule has 114 valence electrons. The van der Waals surface area contributed by atoms with Gasteiger partial charge in [-0.25, -0.2) is 8.78 Å². The third kappa shape index (κ3) is 3.75. The molecule has 0 saturated carbocycles. The average molecular weight is 295 g/mol. The number of nitrogens with one attached hydrogen (secondary N) is 1. The fraction of sp³-hybridized carbons (Fsp3) is 0.538. The van der Waals surface area contributed by atoms with Crippen LogP contribution in [0.3, 0.4) is 0 Å². The van der Waals surface area contributed by atoms with Crippen molar-refractivity contribution in [2.45, 2.75) is 25.3 Å². The van der Waals surface area contributed by atoms with Crippen molar-refractivity contribution >= 4 is 0 Å². The molecule has 0 aliphatic heterocycles. The van der Waals surface area contributed by atoms with E-state index in [1.54, 1.807) is 26.1 Å². The van der Waals surface area contributed by atoms with Crippen molar-refractivity contribution in [1.29, 1.82) is 0 Å². The summed E-state index contributed by atoms with van der Waals surface area (Å²) in [5.41, 5.74) is 0.502. The van der Waals surface area contributed by atoms with E-state index < -0.39 is 19.0 Å². The second kappa shape index (κ2) is 6.78. The molecule has 7 heteroatoms. The Kier molecular flexibility index (Phi) is 5.62. The van der Waals surface area contributed by atoms with E-state index in [1.807, 2.05) is 0 Å². The van der Waals surface area contributed by atoms with E-state index in [4.69, 9.17) is 9.47 Å². The summed E-state index contributed by atoms with van der Waals surface area (Å²) in [5.74, 6) is -3.67. The number of rotatable bonds is 7. The molecule has 0 aliphatic rings. The number of hydrogen-bond donors (Lipinski definition) is 1. The second-order valence-corrected chi connectivity index (χ2v) is 4.23. The summed E-state index contributed by atoms with van der Waals surface area (Å²) in [4.78, 5) is 0. The summed E-state index contributed by atoms with van der Waals surface area (Å²) < 4.78 is 60.1. The normalized spacial score (nSPS) is 13.4. The van der Waals surface area contributed by atoms with Gasteiger partial charge >= 0.3 is 12.3 Å². The predicted molar refractivity (Wildman–Crippen MR) is 66.9 cm³/mol. The van der Waals surface area contributed by atoms with Crippen molar-refractivity contribution in [2.24, 2.45) is 0 Å². The number of hydrogen-bond acceptors (Lipinski definition) is 3. The maximum atomic E-state index is 12.9. The minimum absolute atomic E-state index is 0.0894. The van der Waals surface area contributed by atoms with Gasteiger partial charge in [0.2, 0.25) is 0 Å². The Morgan fingerprint density at radius 3 is 2.35 bits per heavy atom. The minimum atomic E-state index is -4.19. The molecule has 0 bridgehead atoms. The first kappa shape index (κ1) is 16.6. The van der Waals surface area contributed by atoms with Crippen LogP contribution in [-0.4, -0.2) is 33.1 Å². The Balaban J connectivity index is 3.00. The largest absolute Gasteiger partial charge is 0.496 e. The average Bonchev–Trinajstić information content (AvgIpc) is 2.43. The molecule has 0 radical (unpaired) electrons. The fourth-order valence-electron chi connectivity index (χ4n) is 1.64. The number of methoxy groups -OCH3 is 1. The maximum absolute atomic E-state index is 12.9. The van der Waals surface area contributed by atoms with Crippen LogP contribution in [0.25, 0.3) is 0 Å². The molecular weight excluding hydrogens is 278 g/mol. The smallest absolute Gasteiger partial charge is 0.340 e. The van der Waals surface area contributed by atoms with Crippen LogP contribution in [0, 0.1) is 0 Å². The molecule has 1 rings (SSSR count). The standard InChI is InChI=1S/C13H17F4NO2/c1-8(18-2)11-9(19-3)5-4-6-10(11)20-7-13(16,17)12(14)15/h4-6,8,12,18H,7H2,1-3H3. The zero-order valence-corrected chi connectivity index (χ0v) is 11.4. The lowest BCUT2D eigenvalue weighted by Crippen LogP contribution is -2.34. The van der Waals surface area contributed by atoms with E-state index in [9.17, 15) is 17.6 Å². The van der Waals surface area contributed by atoms with Crippen LogP contribution in [0.2, 0.25) is 0 Å². The zero-order chi connectivity index (χ0) is 15.3. The SMILES string of the molecule is CNC(C)c1c(OC)cccc1OCC(F)(F)C(F)F. The van der Waals surface area contributed by atoms with Crippen LogP contribution in [0.4, 0.5) is 17.6 Å². The van der Waals surface area contributed by atoms with Crippen molar-refractivity contribution in [2.75, 3.05) is 20.8 Å². The summed E-state index contributed by atoms with van der Waals surface area (Å²) in [5, 5.41) is 2.92. The first-order valence-electron chi connectivity index (χ1n) is 5.96. The summed E-state index contributed by atoms with van der Waals surface area (Å²) in [7, 11) is 3.10. The van der Waals surface area contributed by atoms with Gasteiger partial charge in [-0.2, -0.15) is 8.78 Å². The van der Waals surface area contributed by atoms with Gasteiger partial charge in [0.05, 0.1) is 12.7 Å². The third-order valence-corrected chi connectivity index (χ3v) is 2.85. The van der Waals surface area contributed by atoms with Crippen LogP contribution in [0.15, 0.2) is 18.2 Å². The van der Waals surface area contributed by atoms with E-state index in [2.05, 4.69) is 5.32 Å². The summed E-state index contributed by atoms with van der Waals surface area (Å²) in [6.45, 7) is 0.386. The Morgan fingerprint density at radius 1 is 1.25 bits per heavy atom. The summed E-state index contributed by atoms with van der Waals surface area (Å²) >= 11 is 0. The molecule has 1 atom stereocenters. The molecule has 0 heterocycles. The van der Waals surface area contributed by atoms with Gasteiger partial charge in [-0.1, -0.05) is 6.07 Å². The van der Waals surface area contributed by atoms with Gasteiger partial charge in [-0.05, 0) is 26.1 Å². The predicted octanol–water partition coefficient (Wildman–Crippen LogP) is 3.25. The highest BCUT2D eigenvalue weighted by molar-refractivity contribution is 5.46. The van der Waals surface area contributed by atoms with E-state index in [0.717, 1.165) is 0 Å². The van der Waals surface area contributed by atoms with Crippen molar-refractivity contribution < 1.29 is 27.0 Å². The molecule has 1 aromatic carbocycles. The fourth-order valence-corrected chi connectivity index (χ4v) is 1.64. The highest BCUT2D eigenvalue weighted by Gasteiger charge is 2.42. The van der Waals surface area contributed by atoms with Crippen LogP contribution in [0.1, 0.15) is 18.5 Å². The quantitative estimate of drug-likeness (QED) is 0.783. The number of halogens is 4. The molecule has 1 aromatic rings. The van der Waals surface area contributed by atoms with Crippen molar-refractivity contribution in [3.05, 3.63) is 23.8 Å². The molecule has 20 heavy (non-hydrogen) atoms. The Labute approximate surface area is 114 Å². The Bertz CT molecular complexity index is 440. The minimum Gasteiger partial charge on any atom is -0.496 e. The molecule has 0 fully saturated rings. The molecule has 0 aromatic heterocycles. The van der Waals surface area contributed by atoms with Gasteiger partial charge in [0.15, 0.2) is 6.61 Å². The van der Waals surface area contributed by atoms with Crippen LogP contribution >= 0.6 is 0 Å². The highest BCUT2D eigenvalue weighted by Crippen LogP contribution is 2.35. The van der Waals surface area contributed by atoms with E-state index >= 15 is 0 Å². The number of alkyl halides is 4. The Hall–Kier alpha value is -1.50. The second-order valence-electron chi connectivity index (χ2n) is 4.23. The van der Waals surface area contributed by atoms with Gasteiger partial charge in [0.1, 0.15) is 11.5 Å². The summed E-state index contributed by atoms with van der Waals surface area (Å²) in [6, 6.07) is 4.37. The van der Waals surface area contributed by atoms with Crippen LogP contribution in [0.5, 0.6) is 11.5 Å². The molecule has 3 nitrogen and oxygen atoms in total. The molecule has 1 N–H and O–H groups in total. The van der Waals surface area contributed by atoms with Crippen LogP contribution < -0.4 is 14.8 Å². The maximum Gasteiger partial charge on any atom is 0.340 e. The third-order valence-electron chi connectivity index (χ3n) is 2.85. The van der Waals surface area contributed by atoms with Crippen molar-refractivity contribution in [3.63, 3.8) is 0 Å². The van der Waals surface area contributed by atoms with Gasteiger partial charge in [-0.15, -0.1) is 0 Å². The first-order chi connectivity index (χ1) is 9.33. The van der Waals surface area contributed by atoms with E-state index in [1.165, 1.54) is 13.2 Å². The molecule has 0 saturated heterocycles. The monoisotopic (exact) mass is 295 g/mol. The number of benzene rings is 1. The molecule has 0 aliphatic carbocycles. The number of ether oxygens (including phenoxy) is 2. The van der Waals surface area contributed by atoms with Gasteiger partial charge in [-0.3, -0.25) is 0 Å². The molecule has 1 unspecified atom stereocenters. The van der Waals surface area contributed by atoms with E-state index in [0.29, 0.717) is 11.3 Å². The van der Waals surface area contributed by atoms with Crippen molar-refractivity contribution in [3.8, 4) is 11.5 Å². The van der Waals surface area contributed by atoms with Gasteiger partial charge in [0, 0.05) is 6.04 Å². The molecule has 0 spiro atoms. The lowest BCUT2D eigenvalue weighted by molar-refractivity contribution is -0.148. The lowest BCUT2D eigenvalue weighted by Gasteiger charge is -2.21. The molecule has 0 amide bonds. The lowest BCUT2D eigenvalue weighted by atomic mass is 10.1. The summed E-state index contributed by atoms with van der Waals surface area (Å²) in [6.07, 6.45) is -3.77. The topological polar surface area (TPSA) is 30.5 Å². The Morgan fingerprint density at radius 2 is 1.85 bits per heavy atom. The highest BCUT2D eigenvalue weighted by atomic mass is 19.3. The van der Waals surface area contributed by atoms with Gasteiger partial charge in [0.25, 0.3) is 0 Å².